The van der Waals surface area contributed by atoms with E-state index in [-0.39, 0.29) is 29.9 Å². The molecule has 0 spiro atoms. The Bertz CT molecular complexity index is 933. The van der Waals surface area contributed by atoms with Crippen LogP contribution in [0.4, 0.5) is 0 Å². The molecule has 0 saturated heterocycles. The van der Waals surface area contributed by atoms with Gasteiger partial charge in [-0.05, 0) is 44.4 Å². The molecule has 1 fully saturated rings. The highest BCUT2D eigenvalue weighted by atomic mass is 32.2. The van der Waals surface area contributed by atoms with Crippen LogP contribution in [0.3, 0.4) is 0 Å². The van der Waals surface area contributed by atoms with E-state index in [1.807, 2.05) is 38.1 Å². The number of hydrogen-bond acceptors (Lipinski definition) is 3. The van der Waals surface area contributed by atoms with Crippen molar-refractivity contribution in [1.29, 1.82) is 0 Å². The van der Waals surface area contributed by atoms with Crippen LogP contribution in [0.5, 0.6) is 0 Å². The molecule has 0 aliphatic heterocycles. The summed E-state index contributed by atoms with van der Waals surface area (Å²) < 4.78 is 27.9. The van der Waals surface area contributed by atoms with Crippen LogP contribution < -0.4 is 5.32 Å². The van der Waals surface area contributed by atoms with E-state index in [0.717, 1.165) is 42.4 Å². The van der Waals surface area contributed by atoms with Crippen LogP contribution in [-0.4, -0.2) is 31.2 Å². The van der Waals surface area contributed by atoms with Crippen molar-refractivity contribution < 1.29 is 13.2 Å². The minimum atomic E-state index is -3.79. The fourth-order valence-electron chi connectivity index (χ4n) is 3.78. The lowest BCUT2D eigenvalue weighted by atomic mass is 9.95. The first-order valence-corrected chi connectivity index (χ1v) is 11.7. The average molecular weight is 415 g/mol. The zero-order chi connectivity index (χ0) is 20.9. The van der Waals surface area contributed by atoms with Gasteiger partial charge >= 0.3 is 0 Å². The predicted molar refractivity (Wildman–Crippen MR) is 115 cm³/mol. The zero-order valence-corrected chi connectivity index (χ0v) is 18.0. The number of rotatable bonds is 7. The van der Waals surface area contributed by atoms with Crippen LogP contribution in [0.2, 0.25) is 0 Å². The molecule has 3 rings (SSSR count). The lowest BCUT2D eigenvalue weighted by molar-refractivity contribution is -0.122. The minimum absolute atomic E-state index is 0.152. The summed E-state index contributed by atoms with van der Waals surface area (Å²) in [6, 6.07) is 14.6. The second kappa shape index (κ2) is 9.55. The summed E-state index contributed by atoms with van der Waals surface area (Å²) >= 11 is 0. The average Bonchev–Trinajstić information content (AvgIpc) is 2.68. The van der Waals surface area contributed by atoms with Crippen molar-refractivity contribution in [3.05, 3.63) is 65.2 Å². The van der Waals surface area contributed by atoms with Crippen molar-refractivity contribution >= 4 is 15.9 Å². The second-order valence-electron chi connectivity index (χ2n) is 7.98. The molecule has 1 saturated carbocycles. The van der Waals surface area contributed by atoms with E-state index in [1.54, 1.807) is 24.3 Å². The molecule has 5 nitrogen and oxygen atoms in total. The van der Waals surface area contributed by atoms with Crippen LogP contribution in [0.25, 0.3) is 0 Å². The smallest absolute Gasteiger partial charge is 0.243 e. The second-order valence-corrected chi connectivity index (χ2v) is 9.92. The molecule has 0 atom stereocenters. The van der Waals surface area contributed by atoms with Gasteiger partial charge in [0, 0.05) is 12.6 Å². The zero-order valence-electron chi connectivity index (χ0n) is 17.2. The number of amides is 1. The number of carbonyl (C=O) groups is 1. The van der Waals surface area contributed by atoms with E-state index in [1.165, 1.54) is 10.7 Å². The van der Waals surface area contributed by atoms with Crippen molar-refractivity contribution in [3.63, 3.8) is 0 Å². The fraction of sp³-hybridized carbons (Fsp3) is 0.435. The Morgan fingerprint density at radius 2 is 1.69 bits per heavy atom. The van der Waals surface area contributed by atoms with Crippen LogP contribution in [-0.2, 0) is 21.4 Å². The number of hydrogen-bond donors (Lipinski definition) is 1. The summed E-state index contributed by atoms with van der Waals surface area (Å²) in [4.78, 5) is 12.9. The standard InChI is InChI=1S/C23H30N2O3S/c1-18-11-13-22(14-12-18)29(27,28)25(16-20-8-6-7-19(2)15-20)17-23(26)24-21-9-4-3-5-10-21/h6-8,11-15,21H,3-5,9-10,16-17H2,1-2H3,(H,24,26). The van der Waals surface area contributed by atoms with E-state index in [0.29, 0.717) is 0 Å². The summed E-state index contributed by atoms with van der Waals surface area (Å²) in [7, 11) is -3.79. The Hall–Kier alpha value is -2.18. The number of aryl methyl sites for hydroxylation is 2. The van der Waals surface area contributed by atoms with Gasteiger partial charge in [0.2, 0.25) is 15.9 Å². The summed E-state index contributed by atoms with van der Waals surface area (Å²) in [6.07, 6.45) is 5.36. The van der Waals surface area contributed by atoms with Gasteiger partial charge in [-0.3, -0.25) is 4.79 Å². The van der Waals surface area contributed by atoms with Gasteiger partial charge in [0.25, 0.3) is 0 Å². The Morgan fingerprint density at radius 1 is 1.00 bits per heavy atom. The number of carbonyl (C=O) groups excluding carboxylic acids is 1. The predicted octanol–water partition coefficient (Wildman–Crippen LogP) is 3.94. The van der Waals surface area contributed by atoms with Gasteiger partial charge < -0.3 is 5.32 Å². The molecule has 156 valence electrons. The fourth-order valence-corrected chi connectivity index (χ4v) is 5.16. The molecule has 0 heterocycles. The third-order valence-electron chi connectivity index (χ3n) is 5.39. The SMILES string of the molecule is Cc1ccc(S(=O)(=O)N(CC(=O)NC2CCCCC2)Cc2cccc(C)c2)cc1. The molecule has 0 unspecified atom stereocenters. The monoisotopic (exact) mass is 414 g/mol. The van der Waals surface area contributed by atoms with Crippen LogP contribution >= 0.6 is 0 Å². The minimum Gasteiger partial charge on any atom is -0.352 e. The Balaban J connectivity index is 1.82. The van der Waals surface area contributed by atoms with Crippen LogP contribution in [0.15, 0.2) is 53.4 Å². The molecule has 1 amide bonds. The molecular formula is C23H30N2O3S. The third kappa shape index (κ3) is 5.90. The van der Waals surface area contributed by atoms with Gasteiger partial charge in [-0.15, -0.1) is 0 Å². The quantitative estimate of drug-likeness (QED) is 0.746. The Kier molecular flexibility index (Phi) is 7.09. The number of nitrogens with one attached hydrogen (secondary N) is 1. The maximum Gasteiger partial charge on any atom is 0.243 e. The Morgan fingerprint density at radius 3 is 2.34 bits per heavy atom. The molecule has 29 heavy (non-hydrogen) atoms. The van der Waals surface area contributed by atoms with Gasteiger partial charge in [-0.2, -0.15) is 4.31 Å². The molecule has 0 aromatic heterocycles. The normalized spacial score (nSPS) is 15.4. The van der Waals surface area contributed by atoms with Crippen molar-refractivity contribution in [2.45, 2.75) is 63.4 Å². The lowest BCUT2D eigenvalue weighted by Gasteiger charge is -2.26. The topological polar surface area (TPSA) is 66.5 Å². The third-order valence-corrected chi connectivity index (χ3v) is 7.20. The maximum atomic E-state index is 13.3. The summed E-state index contributed by atoms with van der Waals surface area (Å²) in [5.74, 6) is -0.236. The first kappa shape index (κ1) is 21.5. The van der Waals surface area contributed by atoms with Crippen molar-refractivity contribution in [2.75, 3.05) is 6.54 Å². The van der Waals surface area contributed by atoms with E-state index < -0.39 is 10.0 Å². The van der Waals surface area contributed by atoms with Gasteiger partial charge in [-0.1, -0.05) is 66.8 Å². The van der Waals surface area contributed by atoms with Gasteiger partial charge in [0.05, 0.1) is 11.4 Å². The first-order valence-electron chi connectivity index (χ1n) is 10.3. The number of sulfonamides is 1. The molecule has 6 heteroatoms. The molecular weight excluding hydrogens is 384 g/mol. The first-order chi connectivity index (χ1) is 13.8. The Labute approximate surface area is 174 Å². The summed E-state index contributed by atoms with van der Waals surface area (Å²) in [5.41, 5.74) is 2.91. The van der Waals surface area contributed by atoms with Crippen molar-refractivity contribution in [3.8, 4) is 0 Å². The highest BCUT2D eigenvalue weighted by molar-refractivity contribution is 7.89. The highest BCUT2D eigenvalue weighted by Crippen LogP contribution is 2.21. The molecule has 0 radical (unpaired) electrons. The molecule has 2 aromatic carbocycles. The summed E-state index contributed by atoms with van der Waals surface area (Å²) in [6.45, 7) is 3.87. The summed E-state index contributed by atoms with van der Waals surface area (Å²) in [5, 5.41) is 3.03. The molecule has 0 bridgehead atoms. The van der Waals surface area contributed by atoms with Crippen molar-refractivity contribution in [2.24, 2.45) is 0 Å². The maximum absolute atomic E-state index is 13.3. The lowest BCUT2D eigenvalue weighted by Crippen LogP contribution is -2.44. The molecule has 2 aromatic rings. The van der Waals surface area contributed by atoms with Gasteiger partial charge in [-0.25, -0.2) is 8.42 Å². The molecule has 1 aliphatic rings. The molecule has 1 N–H and O–H groups in total. The van der Waals surface area contributed by atoms with Crippen LogP contribution in [0.1, 0.15) is 48.8 Å². The van der Waals surface area contributed by atoms with Gasteiger partial charge in [0.1, 0.15) is 0 Å². The van der Waals surface area contributed by atoms with E-state index in [9.17, 15) is 13.2 Å². The van der Waals surface area contributed by atoms with Crippen molar-refractivity contribution in [1.82, 2.24) is 9.62 Å². The number of nitrogens with zero attached hydrogens (tertiary/aromatic N) is 1. The van der Waals surface area contributed by atoms with Crippen LogP contribution in [0, 0.1) is 13.8 Å². The number of benzene rings is 2. The van der Waals surface area contributed by atoms with E-state index in [2.05, 4.69) is 5.32 Å². The van der Waals surface area contributed by atoms with E-state index in [4.69, 9.17) is 0 Å². The van der Waals surface area contributed by atoms with E-state index >= 15 is 0 Å². The molecule has 1 aliphatic carbocycles. The highest BCUT2D eigenvalue weighted by Gasteiger charge is 2.28. The largest absolute Gasteiger partial charge is 0.352 e. The van der Waals surface area contributed by atoms with Gasteiger partial charge in [0.15, 0.2) is 0 Å².